The number of anilines is 1. The molecule has 0 aliphatic rings. The van der Waals surface area contributed by atoms with E-state index in [1.165, 1.54) is 6.92 Å². The molecule has 7 nitrogen and oxygen atoms in total. The third kappa shape index (κ3) is 6.82. The highest BCUT2D eigenvalue weighted by atomic mass is 16.4. The summed E-state index contributed by atoms with van der Waals surface area (Å²) in [5.74, 6) is -0.949. The van der Waals surface area contributed by atoms with Crippen LogP contribution in [0, 0.1) is 0 Å². The lowest BCUT2D eigenvalue weighted by atomic mass is 10.1. The van der Waals surface area contributed by atoms with Crippen molar-refractivity contribution >= 4 is 23.6 Å². The molecule has 0 aliphatic heterocycles. The summed E-state index contributed by atoms with van der Waals surface area (Å²) in [5, 5.41) is 13.6. The van der Waals surface area contributed by atoms with Gasteiger partial charge in [-0.15, -0.1) is 0 Å². The van der Waals surface area contributed by atoms with Crippen molar-refractivity contribution in [2.45, 2.75) is 39.8 Å². The smallest absolute Gasteiger partial charge is 0.319 e. The van der Waals surface area contributed by atoms with Crippen LogP contribution in [0.5, 0.6) is 0 Å². The molecule has 0 unspecified atom stereocenters. The van der Waals surface area contributed by atoms with E-state index in [0.717, 1.165) is 5.56 Å². The molecule has 0 atom stereocenters. The molecule has 1 aromatic carbocycles. The van der Waals surface area contributed by atoms with Crippen LogP contribution in [-0.2, 0) is 16.1 Å². The predicted octanol–water partition coefficient (Wildman–Crippen LogP) is 2.04. The lowest BCUT2D eigenvalue weighted by Gasteiger charge is -2.25. The molecule has 0 saturated heterocycles. The monoisotopic (exact) mass is 321 g/mol. The number of hydrogen-bond donors (Lipinski definition) is 3. The van der Waals surface area contributed by atoms with E-state index in [1.54, 1.807) is 17.0 Å². The Kier molecular flexibility index (Phi) is 7.05. The standard InChI is InChI=1S/C16H23N3O4/c1-11(2)19(12(3)20)10-13-4-6-14(7-5-13)18-16(23)17-9-8-15(21)22/h4-7,11H,8-10H2,1-3H3,(H,21,22)(H2,17,18,23). The van der Waals surface area contributed by atoms with E-state index in [2.05, 4.69) is 10.6 Å². The van der Waals surface area contributed by atoms with Crippen LogP contribution in [0.2, 0.25) is 0 Å². The second-order valence-electron chi connectivity index (χ2n) is 5.46. The summed E-state index contributed by atoms with van der Waals surface area (Å²) in [5.41, 5.74) is 1.56. The summed E-state index contributed by atoms with van der Waals surface area (Å²) < 4.78 is 0. The summed E-state index contributed by atoms with van der Waals surface area (Å²) in [6.45, 7) is 6.04. The van der Waals surface area contributed by atoms with Gasteiger partial charge in [0, 0.05) is 31.7 Å². The first-order valence-electron chi connectivity index (χ1n) is 7.42. The third-order valence-corrected chi connectivity index (χ3v) is 3.22. The van der Waals surface area contributed by atoms with Gasteiger partial charge < -0.3 is 20.6 Å². The zero-order valence-electron chi connectivity index (χ0n) is 13.6. The normalized spacial score (nSPS) is 10.3. The molecule has 0 radical (unpaired) electrons. The van der Waals surface area contributed by atoms with Crippen LogP contribution in [0.1, 0.15) is 32.8 Å². The van der Waals surface area contributed by atoms with Crippen molar-refractivity contribution in [2.24, 2.45) is 0 Å². The number of nitrogens with zero attached hydrogens (tertiary/aromatic N) is 1. The van der Waals surface area contributed by atoms with Gasteiger partial charge in [-0.1, -0.05) is 12.1 Å². The second kappa shape index (κ2) is 8.77. The van der Waals surface area contributed by atoms with Gasteiger partial charge >= 0.3 is 12.0 Å². The number of urea groups is 1. The molecule has 0 aliphatic carbocycles. The van der Waals surface area contributed by atoms with E-state index in [1.807, 2.05) is 26.0 Å². The summed E-state index contributed by atoms with van der Waals surface area (Å²) >= 11 is 0. The van der Waals surface area contributed by atoms with Crippen LogP contribution in [0.3, 0.4) is 0 Å². The van der Waals surface area contributed by atoms with Gasteiger partial charge in [0.15, 0.2) is 0 Å². The minimum absolute atomic E-state index is 0.0139. The molecular weight excluding hydrogens is 298 g/mol. The minimum Gasteiger partial charge on any atom is -0.481 e. The van der Waals surface area contributed by atoms with Crippen LogP contribution in [0.15, 0.2) is 24.3 Å². The quantitative estimate of drug-likeness (QED) is 0.715. The Balaban J connectivity index is 2.54. The van der Waals surface area contributed by atoms with Gasteiger partial charge in [0.05, 0.1) is 6.42 Å². The van der Waals surface area contributed by atoms with Crippen LogP contribution in [0.4, 0.5) is 10.5 Å². The lowest BCUT2D eigenvalue weighted by molar-refractivity contribution is -0.136. The topological polar surface area (TPSA) is 98.7 Å². The van der Waals surface area contributed by atoms with E-state index in [0.29, 0.717) is 12.2 Å². The van der Waals surface area contributed by atoms with Crippen molar-refractivity contribution in [2.75, 3.05) is 11.9 Å². The highest BCUT2D eigenvalue weighted by Gasteiger charge is 2.13. The predicted molar refractivity (Wildman–Crippen MR) is 87.1 cm³/mol. The first-order valence-corrected chi connectivity index (χ1v) is 7.42. The molecule has 0 saturated carbocycles. The van der Waals surface area contributed by atoms with Gasteiger partial charge in [0.25, 0.3) is 0 Å². The Morgan fingerprint density at radius 2 is 1.78 bits per heavy atom. The molecule has 1 rings (SSSR count). The van der Waals surface area contributed by atoms with E-state index in [4.69, 9.17) is 5.11 Å². The number of amides is 3. The SMILES string of the molecule is CC(=O)N(Cc1ccc(NC(=O)NCCC(=O)O)cc1)C(C)C. The van der Waals surface area contributed by atoms with Crippen molar-refractivity contribution in [3.05, 3.63) is 29.8 Å². The Labute approximate surface area is 135 Å². The number of hydrogen-bond acceptors (Lipinski definition) is 3. The lowest BCUT2D eigenvalue weighted by Crippen LogP contribution is -2.34. The highest BCUT2D eigenvalue weighted by molar-refractivity contribution is 5.89. The molecule has 0 heterocycles. The first kappa shape index (κ1) is 18.5. The highest BCUT2D eigenvalue weighted by Crippen LogP contribution is 2.13. The molecule has 0 aromatic heterocycles. The van der Waals surface area contributed by atoms with E-state index in [9.17, 15) is 14.4 Å². The second-order valence-corrected chi connectivity index (χ2v) is 5.46. The number of carboxylic acid groups (broad SMARTS) is 1. The van der Waals surface area contributed by atoms with Gasteiger partial charge in [0.2, 0.25) is 5.91 Å². The largest absolute Gasteiger partial charge is 0.481 e. The average Bonchev–Trinajstić information content (AvgIpc) is 2.45. The fraction of sp³-hybridized carbons (Fsp3) is 0.438. The summed E-state index contributed by atoms with van der Waals surface area (Å²) in [7, 11) is 0. The molecule has 23 heavy (non-hydrogen) atoms. The number of rotatable bonds is 7. The van der Waals surface area contributed by atoms with Crippen molar-refractivity contribution in [3.63, 3.8) is 0 Å². The number of carboxylic acids is 1. The van der Waals surface area contributed by atoms with Gasteiger partial charge in [-0.05, 0) is 31.5 Å². The number of nitrogens with one attached hydrogen (secondary N) is 2. The Bertz CT molecular complexity index is 555. The molecular formula is C16H23N3O4. The molecule has 126 valence electrons. The van der Waals surface area contributed by atoms with Crippen molar-refractivity contribution in [3.8, 4) is 0 Å². The average molecular weight is 321 g/mol. The molecule has 0 fully saturated rings. The summed E-state index contributed by atoms with van der Waals surface area (Å²) in [4.78, 5) is 35.2. The van der Waals surface area contributed by atoms with Gasteiger partial charge in [-0.2, -0.15) is 0 Å². The number of carbonyl (C=O) groups excluding carboxylic acids is 2. The van der Waals surface area contributed by atoms with E-state index in [-0.39, 0.29) is 24.9 Å². The third-order valence-electron chi connectivity index (χ3n) is 3.22. The fourth-order valence-electron chi connectivity index (χ4n) is 2.01. The molecule has 1 aromatic rings. The Hall–Kier alpha value is -2.57. The van der Waals surface area contributed by atoms with Crippen molar-refractivity contribution in [1.29, 1.82) is 0 Å². The van der Waals surface area contributed by atoms with Crippen LogP contribution in [0.25, 0.3) is 0 Å². The Morgan fingerprint density at radius 3 is 2.26 bits per heavy atom. The number of benzene rings is 1. The van der Waals surface area contributed by atoms with Crippen molar-refractivity contribution < 1.29 is 19.5 Å². The van der Waals surface area contributed by atoms with E-state index < -0.39 is 12.0 Å². The fourth-order valence-corrected chi connectivity index (χ4v) is 2.01. The minimum atomic E-state index is -0.963. The zero-order chi connectivity index (χ0) is 17.4. The number of carbonyl (C=O) groups is 3. The maximum Gasteiger partial charge on any atom is 0.319 e. The molecule has 0 bridgehead atoms. The first-order chi connectivity index (χ1) is 10.8. The van der Waals surface area contributed by atoms with E-state index >= 15 is 0 Å². The van der Waals surface area contributed by atoms with Gasteiger partial charge in [-0.25, -0.2) is 4.79 Å². The van der Waals surface area contributed by atoms with Crippen LogP contribution >= 0.6 is 0 Å². The maximum absolute atomic E-state index is 11.6. The van der Waals surface area contributed by atoms with Crippen LogP contribution in [-0.4, -0.2) is 40.5 Å². The summed E-state index contributed by atoms with van der Waals surface area (Å²) in [6, 6.07) is 6.82. The van der Waals surface area contributed by atoms with Crippen LogP contribution < -0.4 is 10.6 Å². The van der Waals surface area contributed by atoms with Crippen molar-refractivity contribution in [1.82, 2.24) is 10.2 Å². The van der Waals surface area contributed by atoms with Gasteiger partial charge in [-0.3, -0.25) is 9.59 Å². The zero-order valence-corrected chi connectivity index (χ0v) is 13.6. The summed E-state index contributed by atoms with van der Waals surface area (Å²) in [6.07, 6.45) is -0.123. The maximum atomic E-state index is 11.6. The molecule has 7 heteroatoms. The molecule has 3 N–H and O–H groups in total. The number of aliphatic carboxylic acids is 1. The molecule has 0 spiro atoms. The Morgan fingerprint density at radius 1 is 1.17 bits per heavy atom. The molecule has 3 amide bonds. The van der Waals surface area contributed by atoms with Gasteiger partial charge in [0.1, 0.15) is 0 Å².